The molecule has 0 bridgehead atoms. The number of imidazole rings is 1. The van der Waals surface area contributed by atoms with E-state index in [2.05, 4.69) is 9.97 Å². The Labute approximate surface area is 122 Å². The molecule has 0 amide bonds. The van der Waals surface area contributed by atoms with Gasteiger partial charge < -0.3 is 9.30 Å². The maximum absolute atomic E-state index is 11.6. The zero-order valence-electron chi connectivity index (χ0n) is 11.7. The highest BCUT2D eigenvalue weighted by Crippen LogP contribution is 2.13. The lowest BCUT2D eigenvalue weighted by Gasteiger charge is -2.06. The molecule has 0 fully saturated rings. The van der Waals surface area contributed by atoms with Gasteiger partial charge in [0.25, 0.3) is 0 Å². The summed E-state index contributed by atoms with van der Waals surface area (Å²) >= 11 is 0. The molecule has 0 aliphatic rings. The summed E-state index contributed by atoms with van der Waals surface area (Å²) < 4.78 is 7.00. The maximum atomic E-state index is 11.6. The molecule has 0 atom stereocenters. The lowest BCUT2D eigenvalue weighted by Crippen LogP contribution is -2.05. The highest BCUT2D eigenvalue weighted by molar-refractivity contribution is 5.89. The summed E-state index contributed by atoms with van der Waals surface area (Å²) in [4.78, 5) is 20.1. The molecule has 3 rings (SSSR count). The van der Waals surface area contributed by atoms with Gasteiger partial charge in [0.15, 0.2) is 5.65 Å². The van der Waals surface area contributed by atoms with Crippen molar-refractivity contribution in [3.8, 4) is 0 Å². The number of benzene rings is 1. The van der Waals surface area contributed by atoms with Crippen LogP contribution >= 0.6 is 0 Å². The number of hydrogen-bond donors (Lipinski definition) is 0. The van der Waals surface area contributed by atoms with E-state index in [0.29, 0.717) is 18.7 Å². The Kier molecular flexibility index (Phi) is 3.64. The first-order valence-corrected chi connectivity index (χ1v) is 6.80. The monoisotopic (exact) mass is 281 g/mol. The van der Waals surface area contributed by atoms with Crippen LogP contribution < -0.4 is 0 Å². The molecule has 0 radical (unpaired) electrons. The van der Waals surface area contributed by atoms with Crippen LogP contribution in [0.25, 0.3) is 11.2 Å². The van der Waals surface area contributed by atoms with Crippen molar-refractivity contribution in [1.29, 1.82) is 0 Å². The topological polar surface area (TPSA) is 57.0 Å². The summed E-state index contributed by atoms with van der Waals surface area (Å²) in [6, 6.07) is 11.3. The lowest BCUT2D eigenvalue weighted by atomic mass is 10.1. The van der Waals surface area contributed by atoms with E-state index in [4.69, 9.17) is 4.74 Å². The molecule has 0 spiro atoms. The van der Waals surface area contributed by atoms with Crippen LogP contribution in [-0.4, -0.2) is 27.1 Å². The van der Waals surface area contributed by atoms with Crippen molar-refractivity contribution < 1.29 is 9.53 Å². The van der Waals surface area contributed by atoms with Gasteiger partial charge in [0.2, 0.25) is 0 Å². The van der Waals surface area contributed by atoms with E-state index in [1.165, 1.54) is 0 Å². The highest BCUT2D eigenvalue weighted by Gasteiger charge is 2.07. The Bertz CT molecular complexity index is 763. The van der Waals surface area contributed by atoms with Crippen LogP contribution in [0.3, 0.4) is 0 Å². The molecule has 106 valence electrons. The smallest absolute Gasteiger partial charge is 0.338 e. The third-order valence-corrected chi connectivity index (χ3v) is 3.21. The standard InChI is InChI=1S/C16H15N3O2/c1-2-21-16(20)13-7-5-12(6-8-13)10-19-11-18-15-14(19)4-3-9-17-15/h3-9,11H,2,10H2,1H3. The Morgan fingerprint density at radius 2 is 2.00 bits per heavy atom. The molecule has 0 aliphatic carbocycles. The third-order valence-electron chi connectivity index (χ3n) is 3.21. The first-order chi connectivity index (χ1) is 10.3. The largest absolute Gasteiger partial charge is 0.462 e. The van der Waals surface area contributed by atoms with Crippen LogP contribution in [0.4, 0.5) is 0 Å². The zero-order valence-corrected chi connectivity index (χ0v) is 11.7. The number of ether oxygens (including phenoxy) is 1. The molecule has 2 aromatic heterocycles. The summed E-state index contributed by atoms with van der Waals surface area (Å²) in [5.74, 6) is -0.290. The van der Waals surface area contributed by atoms with Crippen molar-refractivity contribution in [2.75, 3.05) is 6.61 Å². The summed E-state index contributed by atoms with van der Waals surface area (Å²) in [7, 11) is 0. The number of aromatic nitrogens is 3. The Morgan fingerprint density at radius 3 is 2.76 bits per heavy atom. The van der Waals surface area contributed by atoms with E-state index in [1.807, 2.05) is 28.8 Å². The highest BCUT2D eigenvalue weighted by atomic mass is 16.5. The quantitative estimate of drug-likeness (QED) is 0.690. The minimum atomic E-state index is -0.290. The molecule has 2 heterocycles. The van der Waals surface area contributed by atoms with Gasteiger partial charge in [0.1, 0.15) is 0 Å². The zero-order chi connectivity index (χ0) is 14.7. The molecule has 21 heavy (non-hydrogen) atoms. The van der Waals surface area contributed by atoms with Crippen LogP contribution in [0.15, 0.2) is 48.9 Å². The average molecular weight is 281 g/mol. The number of carbonyl (C=O) groups is 1. The predicted molar refractivity (Wildman–Crippen MR) is 79.0 cm³/mol. The van der Waals surface area contributed by atoms with Gasteiger partial charge >= 0.3 is 5.97 Å². The summed E-state index contributed by atoms with van der Waals surface area (Å²) in [6.45, 7) is 2.87. The van der Waals surface area contributed by atoms with Crippen LogP contribution in [0.5, 0.6) is 0 Å². The number of nitrogens with zero attached hydrogens (tertiary/aromatic N) is 3. The maximum Gasteiger partial charge on any atom is 0.338 e. The van der Waals surface area contributed by atoms with E-state index in [0.717, 1.165) is 16.7 Å². The van der Waals surface area contributed by atoms with Crippen LogP contribution in [0, 0.1) is 0 Å². The first kappa shape index (κ1) is 13.3. The van der Waals surface area contributed by atoms with E-state index >= 15 is 0 Å². The van der Waals surface area contributed by atoms with Gasteiger partial charge in [-0.1, -0.05) is 12.1 Å². The Hall–Kier alpha value is -2.69. The molecule has 5 nitrogen and oxygen atoms in total. The minimum absolute atomic E-state index is 0.290. The normalized spacial score (nSPS) is 10.7. The summed E-state index contributed by atoms with van der Waals surface area (Å²) in [6.07, 6.45) is 3.50. The van der Waals surface area contributed by atoms with Crippen molar-refractivity contribution in [3.05, 3.63) is 60.0 Å². The van der Waals surface area contributed by atoms with E-state index in [1.54, 1.807) is 31.6 Å². The number of pyridine rings is 1. The number of hydrogen-bond acceptors (Lipinski definition) is 4. The van der Waals surface area contributed by atoms with Crippen molar-refractivity contribution in [3.63, 3.8) is 0 Å². The van der Waals surface area contributed by atoms with Crippen molar-refractivity contribution in [1.82, 2.24) is 14.5 Å². The fraction of sp³-hybridized carbons (Fsp3) is 0.188. The van der Waals surface area contributed by atoms with Gasteiger partial charge in [-0.2, -0.15) is 0 Å². The van der Waals surface area contributed by atoms with Gasteiger partial charge in [0.05, 0.1) is 24.0 Å². The molecule has 5 heteroatoms. The van der Waals surface area contributed by atoms with Crippen LogP contribution in [-0.2, 0) is 11.3 Å². The average Bonchev–Trinajstić information content (AvgIpc) is 2.92. The summed E-state index contributed by atoms with van der Waals surface area (Å²) in [5, 5.41) is 0. The molecular weight excluding hydrogens is 266 g/mol. The molecule has 0 saturated heterocycles. The fourth-order valence-electron chi connectivity index (χ4n) is 2.18. The SMILES string of the molecule is CCOC(=O)c1ccc(Cn2cnc3ncccc32)cc1. The number of carbonyl (C=O) groups excluding carboxylic acids is 1. The number of rotatable bonds is 4. The van der Waals surface area contributed by atoms with Gasteiger partial charge in [-0.3, -0.25) is 0 Å². The van der Waals surface area contributed by atoms with Crippen molar-refractivity contribution in [2.24, 2.45) is 0 Å². The van der Waals surface area contributed by atoms with Gasteiger partial charge in [-0.15, -0.1) is 0 Å². The molecule has 3 aromatic rings. The van der Waals surface area contributed by atoms with E-state index in [-0.39, 0.29) is 5.97 Å². The Balaban J connectivity index is 1.80. The lowest BCUT2D eigenvalue weighted by molar-refractivity contribution is 0.0526. The van der Waals surface area contributed by atoms with Crippen LogP contribution in [0.2, 0.25) is 0 Å². The molecular formula is C16H15N3O2. The molecule has 0 aliphatic heterocycles. The number of fused-ring (bicyclic) bond motifs is 1. The summed E-state index contributed by atoms with van der Waals surface area (Å²) in [5.41, 5.74) is 3.39. The van der Waals surface area contributed by atoms with E-state index in [9.17, 15) is 4.79 Å². The van der Waals surface area contributed by atoms with Gasteiger partial charge in [0, 0.05) is 12.7 Å². The fourth-order valence-corrected chi connectivity index (χ4v) is 2.18. The second-order valence-electron chi connectivity index (χ2n) is 4.64. The Morgan fingerprint density at radius 1 is 1.19 bits per heavy atom. The minimum Gasteiger partial charge on any atom is -0.462 e. The molecule has 0 saturated carbocycles. The third kappa shape index (κ3) is 2.76. The second-order valence-corrected chi connectivity index (χ2v) is 4.64. The molecule has 0 N–H and O–H groups in total. The van der Waals surface area contributed by atoms with Crippen molar-refractivity contribution >= 4 is 17.1 Å². The number of esters is 1. The van der Waals surface area contributed by atoms with Gasteiger partial charge in [-0.05, 0) is 36.8 Å². The second kappa shape index (κ2) is 5.75. The van der Waals surface area contributed by atoms with Gasteiger partial charge in [-0.25, -0.2) is 14.8 Å². The molecule has 1 aromatic carbocycles. The first-order valence-electron chi connectivity index (χ1n) is 6.80. The molecule has 0 unspecified atom stereocenters. The van der Waals surface area contributed by atoms with Crippen LogP contribution in [0.1, 0.15) is 22.8 Å². The van der Waals surface area contributed by atoms with E-state index < -0.39 is 0 Å². The predicted octanol–water partition coefficient (Wildman–Crippen LogP) is 2.66. The van der Waals surface area contributed by atoms with Crippen molar-refractivity contribution in [2.45, 2.75) is 13.5 Å².